The molecule has 0 bridgehead atoms. The van der Waals surface area contributed by atoms with Gasteiger partial charge in [0.15, 0.2) is 0 Å². The summed E-state index contributed by atoms with van der Waals surface area (Å²) in [5, 5.41) is 0. The zero-order valence-electron chi connectivity index (χ0n) is 9.61. The zero-order chi connectivity index (χ0) is 11.7. The van der Waals surface area contributed by atoms with Crippen molar-refractivity contribution in [1.29, 1.82) is 0 Å². The topological polar surface area (TPSA) is 63.6 Å². The van der Waals surface area contributed by atoms with E-state index in [1.54, 1.807) is 6.92 Å². The molecule has 1 N–H and O–H groups in total. The first-order valence-electron chi connectivity index (χ1n) is 5.61. The van der Waals surface area contributed by atoms with Gasteiger partial charge in [-0.1, -0.05) is 45.4 Å². The maximum absolute atomic E-state index is 10.3. The molecule has 92 valence electrons. The fourth-order valence-electron chi connectivity index (χ4n) is 1.47. The highest BCUT2D eigenvalue weighted by Gasteiger charge is 2.11. The van der Waals surface area contributed by atoms with E-state index in [0.717, 1.165) is 12.8 Å². The van der Waals surface area contributed by atoms with Gasteiger partial charge in [0, 0.05) is 0 Å². The molecule has 1 atom stereocenters. The van der Waals surface area contributed by atoms with Crippen molar-refractivity contribution in [1.82, 2.24) is 0 Å². The molecule has 5 heteroatoms. The van der Waals surface area contributed by atoms with Crippen LogP contribution in [0.5, 0.6) is 0 Å². The maximum Gasteiger partial charge on any atom is 0.397 e. The zero-order valence-corrected chi connectivity index (χ0v) is 10.4. The molecule has 0 aromatic rings. The van der Waals surface area contributed by atoms with Crippen LogP contribution < -0.4 is 0 Å². The minimum atomic E-state index is -4.27. The van der Waals surface area contributed by atoms with E-state index in [0.29, 0.717) is 6.42 Å². The van der Waals surface area contributed by atoms with Crippen LogP contribution in [0, 0.1) is 0 Å². The second-order valence-corrected chi connectivity index (χ2v) is 4.94. The van der Waals surface area contributed by atoms with Crippen molar-refractivity contribution in [2.24, 2.45) is 0 Å². The second kappa shape index (κ2) is 8.07. The molecule has 0 radical (unpaired) electrons. The van der Waals surface area contributed by atoms with Gasteiger partial charge in [-0.3, -0.25) is 4.55 Å². The van der Waals surface area contributed by atoms with Gasteiger partial charge in [0.2, 0.25) is 0 Å². The Morgan fingerprint density at radius 3 is 2.20 bits per heavy atom. The Bertz CT molecular complexity index is 236. The molecular formula is C10H22O4S. The average Bonchev–Trinajstić information content (AvgIpc) is 2.08. The quantitative estimate of drug-likeness (QED) is 0.495. The van der Waals surface area contributed by atoms with E-state index in [4.69, 9.17) is 4.55 Å². The molecule has 0 aromatic heterocycles. The van der Waals surface area contributed by atoms with E-state index in [1.165, 1.54) is 25.7 Å². The van der Waals surface area contributed by atoms with Crippen molar-refractivity contribution < 1.29 is 17.2 Å². The molecule has 1 unspecified atom stereocenters. The average molecular weight is 238 g/mol. The predicted octanol–water partition coefficient (Wildman–Crippen LogP) is 2.94. The van der Waals surface area contributed by atoms with Gasteiger partial charge in [-0.25, -0.2) is 4.18 Å². The van der Waals surface area contributed by atoms with Gasteiger partial charge in [0.05, 0.1) is 6.10 Å². The summed E-state index contributed by atoms with van der Waals surface area (Å²) < 4.78 is 33.5. The van der Waals surface area contributed by atoms with Crippen LogP contribution in [0.25, 0.3) is 0 Å². The lowest BCUT2D eigenvalue weighted by molar-refractivity contribution is 0.185. The monoisotopic (exact) mass is 238 g/mol. The second-order valence-electron chi connectivity index (χ2n) is 3.89. The van der Waals surface area contributed by atoms with Gasteiger partial charge in [0.25, 0.3) is 0 Å². The molecule has 0 aliphatic carbocycles. The highest BCUT2D eigenvalue weighted by atomic mass is 32.3. The number of hydrogen-bond acceptors (Lipinski definition) is 3. The van der Waals surface area contributed by atoms with E-state index in [9.17, 15) is 8.42 Å². The van der Waals surface area contributed by atoms with Crippen LogP contribution >= 0.6 is 0 Å². The van der Waals surface area contributed by atoms with Crippen LogP contribution in [-0.4, -0.2) is 19.1 Å². The Kier molecular flexibility index (Phi) is 8.00. The fraction of sp³-hybridized carbons (Fsp3) is 1.00. The Labute approximate surface area is 93.0 Å². The molecule has 0 heterocycles. The largest absolute Gasteiger partial charge is 0.397 e. The summed E-state index contributed by atoms with van der Waals surface area (Å²) in [4.78, 5) is 0. The summed E-state index contributed by atoms with van der Waals surface area (Å²) in [5.74, 6) is 0. The molecule has 4 nitrogen and oxygen atoms in total. The SMILES string of the molecule is CCCCCCCCC(C)OS(=O)(=O)O. The van der Waals surface area contributed by atoms with E-state index < -0.39 is 16.5 Å². The van der Waals surface area contributed by atoms with Crippen molar-refractivity contribution in [3.05, 3.63) is 0 Å². The van der Waals surface area contributed by atoms with E-state index in [-0.39, 0.29) is 0 Å². The summed E-state index contributed by atoms with van der Waals surface area (Å²) in [7, 11) is -4.27. The standard InChI is InChI=1S/C10H22O4S/c1-3-4-5-6-7-8-9-10(2)14-15(11,12)13/h10H,3-9H2,1-2H3,(H,11,12,13). The lowest BCUT2D eigenvalue weighted by atomic mass is 10.1. The van der Waals surface area contributed by atoms with Gasteiger partial charge in [0.1, 0.15) is 0 Å². The van der Waals surface area contributed by atoms with Crippen molar-refractivity contribution in [2.45, 2.75) is 64.9 Å². The van der Waals surface area contributed by atoms with Crippen molar-refractivity contribution in [2.75, 3.05) is 0 Å². The maximum atomic E-state index is 10.3. The van der Waals surface area contributed by atoms with Gasteiger partial charge < -0.3 is 0 Å². The molecule has 15 heavy (non-hydrogen) atoms. The van der Waals surface area contributed by atoms with Crippen molar-refractivity contribution in [3.8, 4) is 0 Å². The summed E-state index contributed by atoms with van der Waals surface area (Å²) in [5.41, 5.74) is 0. The molecule has 0 saturated carbocycles. The normalized spacial score (nSPS) is 14.1. The first kappa shape index (κ1) is 14.9. The number of hydrogen-bond donors (Lipinski definition) is 1. The van der Waals surface area contributed by atoms with E-state index >= 15 is 0 Å². The third-order valence-corrected chi connectivity index (χ3v) is 2.82. The molecule has 0 amide bonds. The summed E-state index contributed by atoms with van der Waals surface area (Å²) in [6, 6.07) is 0. The highest BCUT2D eigenvalue weighted by Crippen LogP contribution is 2.11. The first-order valence-corrected chi connectivity index (χ1v) is 6.98. The summed E-state index contributed by atoms with van der Waals surface area (Å²) >= 11 is 0. The smallest absolute Gasteiger partial charge is 0.264 e. The Balaban J connectivity index is 3.36. The van der Waals surface area contributed by atoms with Crippen LogP contribution in [-0.2, 0) is 14.6 Å². The molecular weight excluding hydrogens is 216 g/mol. The third-order valence-electron chi connectivity index (χ3n) is 2.25. The van der Waals surface area contributed by atoms with Crippen molar-refractivity contribution >= 4 is 10.4 Å². The van der Waals surface area contributed by atoms with Crippen molar-refractivity contribution in [3.63, 3.8) is 0 Å². The Morgan fingerprint density at radius 1 is 1.13 bits per heavy atom. The van der Waals surface area contributed by atoms with Gasteiger partial charge in [-0.05, 0) is 13.3 Å². The lowest BCUT2D eigenvalue weighted by Crippen LogP contribution is -2.14. The minimum absolute atomic E-state index is 0.425. The molecule has 0 saturated heterocycles. The third kappa shape index (κ3) is 11.8. The number of rotatable bonds is 9. The molecule has 0 aliphatic heterocycles. The minimum Gasteiger partial charge on any atom is -0.264 e. The molecule has 0 rings (SSSR count). The molecule has 0 aromatic carbocycles. The van der Waals surface area contributed by atoms with Crippen LogP contribution in [0.3, 0.4) is 0 Å². The molecule has 0 spiro atoms. The molecule has 0 fully saturated rings. The van der Waals surface area contributed by atoms with Crippen LogP contribution in [0.15, 0.2) is 0 Å². The fourth-order valence-corrected chi connectivity index (χ4v) is 1.98. The van der Waals surface area contributed by atoms with Crippen LogP contribution in [0.4, 0.5) is 0 Å². The summed E-state index contributed by atoms with van der Waals surface area (Å²) in [6.07, 6.45) is 7.20. The first-order chi connectivity index (χ1) is 6.95. The van der Waals surface area contributed by atoms with E-state index in [1.807, 2.05) is 0 Å². The summed E-state index contributed by atoms with van der Waals surface area (Å²) in [6.45, 7) is 3.82. The van der Waals surface area contributed by atoms with Crippen LogP contribution in [0.2, 0.25) is 0 Å². The molecule has 0 aliphatic rings. The van der Waals surface area contributed by atoms with Gasteiger partial charge in [-0.15, -0.1) is 0 Å². The Morgan fingerprint density at radius 2 is 1.67 bits per heavy atom. The Hall–Kier alpha value is -0.130. The van der Waals surface area contributed by atoms with Crippen LogP contribution in [0.1, 0.15) is 58.8 Å². The van der Waals surface area contributed by atoms with Gasteiger partial charge >= 0.3 is 10.4 Å². The van der Waals surface area contributed by atoms with E-state index in [2.05, 4.69) is 11.1 Å². The number of unbranched alkanes of at least 4 members (excludes halogenated alkanes) is 5. The highest BCUT2D eigenvalue weighted by molar-refractivity contribution is 7.80. The predicted molar refractivity (Wildman–Crippen MR) is 60.1 cm³/mol. The van der Waals surface area contributed by atoms with Gasteiger partial charge in [-0.2, -0.15) is 8.42 Å². The lowest BCUT2D eigenvalue weighted by Gasteiger charge is -2.09.